The quantitative estimate of drug-likeness (QED) is 0.855. The molecular formula is C19H24ClNO. The predicted octanol–water partition coefficient (Wildman–Crippen LogP) is 4.15. The van der Waals surface area contributed by atoms with Gasteiger partial charge in [0.15, 0.2) is 0 Å². The molecule has 3 heteroatoms. The summed E-state index contributed by atoms with van der Waals surface area (Å²) in [4.78, 5) is 0. The van der Waals surface area contributed by atoms with Gasteiger partial charge in [0.1, 0.15) is 5.75 Å². The maximum absolute atomic E-state index is 5.37. The summed E-state index contributed by atoms with van der Waals surface area (Å²) in [6, 6.07) is 17.7. The molecule has 0 amide bonds. The van der Waals surface area contributed by atoms with Gasteiger partial charge in [-0.15, -0.1) is 12.4 Å². The van der Waals surface area contributed by atoms with Crippen LogP contribution in [0.2, 0.25) is 0 Å². The van der Waals surface area contributed by atoms with Crippen LogP contribution in [0.3, 0.4) is 0 Å². The van der Waals surface area contributed by atoms with E-state index in [-0.39, 0.29) is 12.4 Å². The van der Waals surface area contributed by atoms with E-state index in [2.05, 4.69) is 53.8 Å². The van der Waals surface area contributed by atoms with E-state index < -0.39 is 0 Å². The molecule has 0 aromatic heterocycles. The molecule has 0 heterocycles. The van der Waals surface area contributed by atoms with Crippen LogP contribution in [0.15, 0.2) is 48.5 Å². The zero-order chi connectivity index (χ0) is 14.5. The first-order valence-corrected chi connectivity index (χ1v) is 7.78. The van der Waals surface area contributed by atoms with Crippen molar-refractivity contribution in [2.45, 2.75) is 38.3 Å². The minimum Gasteiger partial charge on any atom is -0.497 e. The Labute approximate surface area is 139 Å². The average molecular weight is 318 g/mol. The second kappa shape index (κ2) is 8.21. The summed E-state index contributed by atoms with van der Waals surface area (Å²) in [7, 11) is 1.74. The van der Waals surface area contributed by atoms with Crippen LogP contribution < -0.4 is 10.1 Å². The summed E-state index contributed by atoms with van der Waals surface area (Å²) >= 11 is 0. The fourth-order valence-electron chi connectivity index (χ4n) is 3.10. The van der Waals surface area contributed by atoms with Crippen LogP contribution in [0.5, 0.6) is 5.75 Å². The molecule has 22 heavy (non-hydrogen) atoms. The van der Waals surface area contributed by atoms with Crippen molar-refractivity contribution in [3.05, 3.63) is 65.2 Å². The van der Waals surface area contributed by atoms with Crippen LogP contribution in [-0.4, -0.2) is 13.2 Å². The number of nitrogens with one attached hydrogen (secondary N) is 1. The number of ether oxygens (including phenoxy) is 1. The van der Waals surface area contributed by atoms with Crippen molar-refractivity contribution < 1.29 is 4.74 Å². The highest BCUT2D eigenvalue weighted by Gasteiger charge is 2.16. The maximum atomic E-state index is 5.37. The summed E-state index contributed by atoms with van der Waals surface area (Å²) in [5.74, 6) is 0.970. The molecule has 0 radical (unpaired) electrons. The van der Waals surface area contributed by atoms with Gasteiger partial charge in [0, 0.05) is 12.6 Å². The summed E-state index contributed by atoms with van der Waals surface area (Å²) < 4.78 is 5.37. The van der Waals surface area contributed by atoms with Gasteiger partial charge in [0.05, 0.1) is 7.11 Å². The molecule has 3 rings (SSSR count). The fourth-order valence-corrected chi connectivity index (χ4v) is 3.10. The summed E-state index contributed by atoms with van der Waals surface area (Å²) in [5, 5.41) is 3.72. The van der Waals surface area contributed by atoms with Crippen LogP contribution >= 0.6 is 12.4 Å². The van der Waals surface area contributed by atoms with Crippen molar-refractivity contribution in [1.82, 2.24) is 5.32 Å². The normalized spacial score (nSPS) is 17.0. The van der Waals surface area contributed by atoms with Crippen molar-refractivity contribution >= 4 is 12.4 Å². The number of methoxy groups -OCH3 is 1. The highest BCUT2D eigenvalue weighted by atomic mass is 35.5. The van der Waals surface area contributed by atoms with E-state index in [1.807, 2.05) is 0 Å². The zero-order valence-corrected chi connectivity index (χ0v) is 13.9. The molecule has 2 aromatic rings. The van der Waals surface area contributed by atoms with Crippen LogP contribution in [0.4, 0.5) is 0 Å². The Kier molecular flexibility index (Phi) is 6.29. The number of hydrogen-bond acceptors (Lipinski definition) is 2. The fraction of sp³-hybridized carbons (Fsp3) is 0.368. The number of hydrogen-bond donors (Lipinski definition) is 1. The highest BCUT2D eigenvalue weighted by Crippen LogP contribution is 2.25. The van der Waals surface area contributed by atoms with E-state index in [0.717, 1.165) is 18.7 Å². The minimum atomic E-state index is 0. The largest absolute Gasteiger partial charge is 0.497 e. The van der Waals surface area contributed by atoms with Gasteiger partial charge >= 0.3 is 0 Å². The van der Waals surface area contributed by atoms with E-state index in [1.165, 1.54) is 36.0 Å². The van der Waals surface area contributed by atoms with E-state index in [1.54, 1.807) is 7.11 Å². The molecule has 118 valence electrons. The topological polar surface area (TPSA) is 21.3 Å². The monoisotopic (exact) mass is 317 g/mol. The Hall–Kier alpha value is -1.51. The smallest absolute Gasteiger partial charge is 0.119 e. The van der Waals surface area contributed by atoms with Gasteiger partial charge in [0.25, 0.3) is 0 Å². The molecule has 1 atom stereocenters. The number of rotatable bonds is 4. The molecular weight excluding hydrogens is 294 g/mol. The Bertz CT molecular complexity index is 585. The second-order valence-corrected chi connectivity index (χ2v) is 5.79. The van der Waals surface area contributed by atoms with Crippen molar-refractivity contribution in [2.24, 2.45) is 0 Å². The van der Waals surface area contributed by atoms with Gasteiger partial charge in [-0.25, -0.2) is 0 Å². The van der Waals surface area contributed by atoms with Gasteiger partial charge in [-0.2, -0.15) is 0 Å². The second-order valence-electron chi connectivity index (χ2n) is 5.79. The van der Waals surface area contributed by atoms with Crippen molar-refractivity contribution in [3.63, 3.8) is 0 Å². The van der Waals surface area contributed by atoms with Gasteiger partial charge in [-0.3, -0.25) is 0 Å². The molecule has 0 aliphatic heterocycles. The number of aryl methyl sites for hydroxylation is 1. The van der Waals surface area contributed by atoms with Crippen molar-refractivity contribution in [1.29, 1.82) is 0 Å². The predicted molar refractivity (Wildman–Crippen MR) is 94.0 cm³/mol. The van der Waals surface area contributed by atoms with Gasteiger partial charge in [-0.05, 0) is 54.5 Å². The van der Waals surface area contributed by atoms with Gasteiger partial charge in [-0.1, -0.05) is 36.4 Å². The first-order valence-electron chi connectivity index (χ1n) is 7.78. The standard InChI is InChI=1S/C19H23NO.ClH/c1-21-19-11-10-16-8-5-9-18(12-17(16)13-19)20-14-15-6-3-2-4-7-15;/h2-4,6-7,10-11,13,18,20H,5,8-9,12,14H2,1H3;1H. The van der Waals surface area contributed by atoms with Crippen molar-refractivity contribution in [2.75, 3.05) is 7.11 Å². The SMILES string of the molecule is COc1ccc2c(c1)CC(NCc1ccccc1)CCC2.Cl. The molecule has 0 bridgehead atoms. The van der Waals surface area contributed by atoms with Crippen LogP contribution in [0.1, 0.15) is 29.5 Å². The lowest BCUT2D eigenvalue weighted by molar-refractivity contribution is 0.413. The zero-order valence-electron chi connectivity index (χ0n) is 13.0. The van der Waals surface area contributed by atoms with Crippen LogP contribution in [0, 0.1) is 0 Å². The Morgan fingerprint density at radius 1 is 1.09 bits per heavy atom. The highest BCUT2D eigenvalue weighted by molar-refractivity contribution is 5.85. The van der Waals surface area contributed by atoms with E-state index in [4.69, 9.17) is 4.74 Å². The minimum absolute atomic E-state index is 0. The van der Waals surface area contributed by atoms with E-state index in [0.29, 0.717) is 6.04 Å². The number of benzene rings is 2. The Morgan fingerprint density at radius 2 is 1.91 bits per heavy atom. The lowest BCUT2D eigenvalue weighted by Crippen LogP contribution is -2.30. The van der Waals surface area contributed by atoms with Crippen LogP contribution in [-0.2, 0) is 19.4 Å². The summed E-state index contributed by atoms with van der Waals surface area (Å²) in [5.41, 5.74) is 4.28. The molecule has 0 spiro atoms. The third kappa shape index (κ3) is 4.25. The summed E-state index contributed by atoms with van der Waals surface area (Å²) in [6.07, 6.45) is 4.78. The maximum Gasteiger partial charge on any atom is 0.119 e. The van der Waals surface area contributed by atoms with Gasteiger partial charge < -0.3 is 10.1 Å². The third-order valence-corrected chi connectivity index (χ3v) is 4.32. The van der Waals surface area contributed by atoms with Gasteiger partial charge in [0.2, 0.25) is 0 Å². The molecule has 1 N–H and O–H groups in total. The molecule has 0 fully saturated rings. The van der Waals surface area contributed by atoms with E-state index >= 15 is 0 Å². The van der Waals surface area contributed by atoms with Crippen LogP contribution in [0.25, 0.3) is 0 Å². The first-order chi connectivity index (χ1) is 10.3. The molecule has 0 saturated heterocycles. The van der Waals surface area contributed by atoms with Crippen molar-refractivity contribution in [3.8, 4) is 5.75 Å². The molecule has 1 aliphatic rings. The molecule has 1 unspecified atom stereocenters. The average Bonchev–Trinajstić information content (AvgIpc) is 2.75. The molecule has 2 aromatic carbocycles. The summed E-state index contributed by atoms with van der Waals surface area (Å²) in [6.45, 7) is 0.949. The Balaban J connectivity index is 0.00000176. The lowest BCUT2D eigenvalue weighted by atomic mass is 10.0. The first kappa shape index (κ1) is 16.9. The number of halogens is 1. The lowest BCUT2D eigenvalue weighted by Gasteiger charge is -2.17. The van der Waals surface area contributed by atoms with E-state index in [9.17, 15) is 0 Å². The number of fused-ring (bicyclic) bond motifs is 1. The Morgan fingerprint density at radius 3 is 2.68 bits per heavy atom. The third-order valence-electron chi connectivity index (χ3n) is 4.32. The molecule has 1 aliphatic carbocycles. The molecule has 2 nitrogen and oxygen atoms in total. The molecule has 0 saturated carbocycles.